The highest BCUT2D eigenvalue weighted by Crippen LogP contribution is 2.34. The SMILES string of the molecule is CNCCOc1c(Br)cc(C)cc1Br. The number of benzene rings is 1. The molecule has 0 spiro atoms. The molecular formula is C10H13Br2NO. The smallest absolute Gasteiger partial charge is 0.147 e. The summed E-state index contributed by atoms with van der Waals surface area (Å²) in [5.41, 5.74) is 1.20. The highest BCUT2D eigenvalue weighted by Gasteiger charge is 2.06. The molecule has 0 radical (unpaired) electrons. The van der Waals surface area contributed by atoms with Gasteiger partial charge in [0.1, 0.15) is 12.4 Å². The summed E-state index contributed by atoms with van der Waals surface area (Å²) in [6.45, 7) is 3.55. The third-order valence-corrected chi connectivity index (χ3v) is 2.92. The van der Waals surface area contributed by atoms with E-state index in [1.54, 1.807) is 0 Å². The van der Waals surface area contributed by atoms with E-state index >= 15 is 0 Å². The Balaban J connectivity index is 2.75. The number of halogens is 2. The lowest BCUT2D eigenvalue weighted by Crippen LogP contribution is -2.16. The molecule has 78 valence electrons. The van der Waals surface area contributed by atoms with Crippen LogP contribution in [0.4, 0.5) is 0 Å². The zero-order chi connectivity index (χ0) is 10.6. The molecule has 0 amide bonds. The van der Waals surface area contributed by atoms with Gasteiger partial charge in [0.05, 0.1) is 8.95 Å². The van der Waals surface area contributed by atoms with Gasteiger partial charge in [-0.25, -0.2) is 0 Å². The van der Waals surface area contributed by atoms with E-state index in [4.69, 9.17) is 4.74 Å². The lowest BCUT2D eigenvalue weighted by atomic mass is 10.2. The predicted octanol–water partition coefficient (Wildman–Crippen LogP) is 3.12. The lowest BCUT2D eigenvalue weighted by Gasteiger charge is -2.10. The zero-order valence-electron chi connectivity index (χ0n) is 8.23. The summed E-state index contributed by atoms with van der Waals surface area (Å²) in [5, 5.41) is 3.03. The van der Waals surface area contributed by atoms with Crippen LogP contribution < -0.4 is 10.1 Å². The highest BCUT2D eigenvalue weighted by atomic mass is 79.9. The van der Waals surface area contributed by atoms with E-state index in [1.165, 1.54) is 5.56 Å². The fourth-order valence-electron chi connectivity index (χ4n) is 1.08. The van der Waals surface area contributed by atoms with Crippen molar-refractivity contribution in [1.29, 1.82) is 0 Å². The van der Waals surface area contributed by atoms with E-state index in [0.717, 1.165) is 21.2 Å². The molecule has 0 unspecified atom stereocenters. The summed E-state index contributed by atoms with van der Waals surface area (Å²) >= 11 is 6.95. The van der Waals surface area contributed by atoms with Crippen molar-refractivity contribution in [3.63, 3.8) is 0 Å². The van der Waals surface area contributed by atoms with Crippen molar-refractivity contribution >= 4 is 31.9 Å². The third-order valence-electron chi connectivity index (χ3n) is 1.74. The van der Waals surface area contributed by atoms with Crippen LogP contribution >= 0.6 is 31.9 Å². The largest absolute Gasteiger partial charge is 0.490 e. The molecule has 0 aromatic heterocycles. The van der Waals surface area contributed by atoms with Crippen molar-refractivity contribution in [1.82, 2.24) is 5.32 Å². The number of nitrogens with one attached hydrogen (secondary N) is 1. The Bertz CT molecular complexity index is 292. The molecule has 2 nitrogen and oxygen atoms in total. The minimum absolute atomic E-state index is 0.663. The standard InChI is InChI=1S/C10H13Br2NO/c1-7-5-8(11)10(9(12)6-7)14-4-3-13-2/h5-6,13H,3-4H2,1-2H3. The molecule has 1 aromatic rings. The third kappa shape index (κ3) is 3.26. The van der Waals surface area contributed by atoms with Crippen LogP contribution in [0.1, 0.15) is 5.56 Å². The zero-order valence-corrected chi connectivity index (χ0v) is 11.4. The summed E-state index contributed by atoms with van der Waals surface area (Å²) in [7, 11) is 1.91. The van der Waals surface area contributed by atoms with Crippen molar-refractivity contribution in [2.45, 2.75) is 6.92 Å². The molecule has 0 saturated heterocycles. The minimum atomic E-state index is 0.663. The van der Waals surface area contributed by atoms with Gasteiger partial charge in [-0.05, 0) is 63.5 Å². The van der Waals surface area contributed by atoms with Crippen LogP contribution in [0, 0.1) is 6.92 Å². The molecule has 0 heterocycles. The number of hydrogen-bond acceptors (Lipinski definition) is 2. The second kappa shape index (κ2) is 5.73. The predicted molar refractivity (Wildman–Crippen MR) is 66.0 cm³/mol. The van der Waals surface area contributed by atoms with E-state index in [9.17, 15) is 0 Å². The maximum Gasteiger partial charge on any atom is 0.147 e. The quantitative estimate of drug-likeness (QED) is 0.860. The summed E-state index contributed by atoms with van der Waals surface area (Å²) in [6.07, 6.45) is 0. The van der Waals surface area contributed by atoms with Gasteiger partial charge in [-0.15, -0.1) is 0 Å². The Hall–Kier alpha value is -0.0600. The molecular weight excluding hydrogens is 310 g/mol. The Morgan fingerprint density at radius 3 is 2.36 bits per heavy atom. The average molecular weight is 323 g/mol. The van der Waals surface area contributed by atoms with Gasteiger partial charge in [-0.2, -0.15) is 0 Å². The van der Waals surface area contributed by atoms with E-state index < -0.39 is 0 Å². The Morgan fingerprint density at radius 2 is 1.86 bits per heavy atom. The molecule has 0 fully saturated rings. The van der Waals surface area contributed by atoms with Crippen LogP contribution in [0.25, 0.3) is 0 Å². The van der Waals surface area contributed by atoms with Gasteiger partial charge in [0.15, 0.2) is 0 Å². The number of rotatable bonds is 4. The highest BCUT2D eigenvalue weighted by molar-refractivity contribution is 9.11. The van der Waals surface area contributed by atoms with E-state index in [-0.39, 0.29) is 0 Å². The van der Waals surface area contributed by atoms with Crippen LogP contribution in [-0.2, 0) is 0 Å². The fraction of sp³-hybridized carbons (Fsp3) is 0.400. The fourth-order valence-corrected chi connectivity index (χ4v) is 2.72. The lowest BCUT2D eigenvalue weighted by molar-refractivity contribution is 0.314. The van der Waals surface area contributed by atoms with Gasteiger partial charge < -0.3 is 10.1 Å². The van der Waals surface area contributed by atoms with Crippen molar-refractivity contribution in [2.24, 2.45) is 0 Å². The first-order chi connectivity index (χ1) is 6.65. The topological polar surface area (TPSA) is 21.3 Å². The Kier molecular flexibility index (Phi) is 4.92. The molecule has 0 aliphatic carbocycles. The van der Waals surface area contributed by atoms with Gasteiger partial charge in [0.2, 0.25) is 0 Å². The van der Waals surface area contributed by atoms with Crippen molar-refractivity contribution in [3.05, 3.63) is 26.6 Å². The first-order valence-corrected chi connectivity index (χ1v) is 5.97. The monoisotopic (exact) mass is 321 g/mol. The van der Waals surface area contributed by atoms with Gasteiger partial charge >= 0.3 is 0 Å². The van der Waals surface area contributed by atoms with Crippen LogP contribution in [0.2, 0.25) is 0 Å². The summed E-state index contributed by atoms with van der Waals surface area (Å²) in [6, 6.07) is 4.08. The summed E-state index contributed by atoms with van der Waals surface area (Å²) < 4.78 is 7.58. The molecule has 0 atom stereocenters. The van der Waals surface area contributed by atoms with E-state index in [2.05, 4.69) is 37.2 Å². The van der Waals surface area contributed by atoms with Crippen LogP contribution in [0.15, 0.2) is 21.1 Å². The van der Waals surface area contributed by atoms with Crippen LogP contribution in [-0.4, -0.2) is 20.2 Å². The molecule has 4 heteroatoms. The van der Waals surface area contributed by atoms with Crippen LogP contribution in [0.3, 0.4) is 0 Å². The van der Waals surface area contributed by atoms with Gasteiger partial charge in [0.25, 0.3) is 0 Å². The van der Waals surface area contributed by atoms with Gasteiger partial charge in [-0.3, -0.25) is 0 Å². The molecule has 0 bridgehead atoms. The second-order valence-electron chi connectivity index (χ2n) is 3.01. The maximum absolute atomic E-state index is 5.61. The summed E-state index contributed by atoms with van der Waals surface area (Å²) in [5.74, 6) is 0.867. The Morgan fingerprint density at radius 1 is 1.29 bits per heavy atom. The molecule has 0 aliphatic heterocycles. The molecule has 0 saturated carbocycles. The molecule has 1 rings (SSSR count). The van der Waals surface area contributed by atoms with Crippen LogP contribution in [0.5, 0.6) is 5.75 Å². The summed E-state index contributed by atoms with van der Waals surface area (Å²) in [4.78, 5) is 0. The maximum atomic E-state index is 5.61. The average Bonchev–Trinajstić information content (AvgIpc) is 2.09. The number of likely N-dealkylation sites (N-methyl/N-ethyl adjacent to an activating group) is 1. The van der Waals surface area contributed by atoms with Crippen molar-refractivity contribution in [3.8, 4) is 5.75 Å². The number of aryl methyl sites for hydroxylation is 1. The molecule has 1 N–H and O–H groups in total. The van der Waals surface area contributed by atoms with E-state index in [0.29, 0.717) is 6.61 Å². The molecule has 14 heavy (non-hydrogen) atoms. The Labute approximate surface area is 101 Å². The van der Waals surface area contributed by atoms with E-state index in [1.807, 2.05) is 26.1 Å². The molecule has 1 aromatic carbocycles. The minimum Gasteiger partial charge on any atom is -0.490 e. The normalized spacial score (nSPS) is 10.3. The number of hydrogen-bond donors (Lipinski definition) is 1. The second-order valence-corrected chi connectivity index (χ2v) is 4.72. The van der Waals surface area contributed by atoms with Gasteiger partial charge in [0, 0.05) is 6.54 Å². The number of ether oxygens (including phenoxy) is 1. The molecule has 0 aliphatic rings. The first kappa shape index (κ1) is 12.0. The van der Waals surface area contributed by atoms with Gasteiger partial charge in [-0.1, -0.05) is 0 Å². The van der Waals surface area contributed by atoms with Crippen molar-refractivity contribution < 1.29 is 4.74 Å². The first-order valence-electron chi connectivity index (χ1n) is 4.38. The van der Waals surface area contributed by atoms with Crippen molar-refractivity contribution in [2.75, 3.05) is 20.2 Å².